The summed E-state index contributed by atoms with van der Waals surface area (Å²) >= 11 is 1.83. The van der Waals surface area contributed by atoms with Gasteiger partial charge in [-0.2, -0.15) is 0 Å². The molecule has 0 spiro atoms. The Kier molecular flexibility index (Phi) is 5.25. The molecule has 1 saturated carbocycles. The molecule has 0 aliphatic heterocycles. The zero-order chi connectivity index (χ0) is 13.0. The van der Waals surface area contributed by atoms with Crippen molar-refractivity contribution in [2.45, 2.75) is 58.5 Å². The Balaban J connectivity index is 1.72. The van der Waals surface area contributed by atoms with Gasteiger partial charge in [-0.15, -0.1) is 11.3 Å². The molecule has 1 fully saturated rings. The SMILES string of the molecule is CC1CC(C)CC(C(O)CCCc2cccs2)C1. The number of hydrogen-bond donors (Lipinski definition) is 1. The van der Waals surface area contributed by atoms with Crippen LogP contribution in [0.1, 0.15) is 50.8 Å². The van der Waals surface area contributed by atoms with Gasteiger partial charge in [-0.25, -0.2) is 0 Å². The predicted octanol–water partition coefficient (Wildman–Crippen LogP) is 4.50. The van der Waals surface area contributed by atoms with Crippen molar-refractivity contribution in [3.63, 3.8) is 0 Å². The van der Waals surface area contributed by atoms with Crippen LogP contribution in [0.25, 0.3) is 0 Å². The number of rotatable bonds is 5. The van der Waals surface area contributed by atoms with Crippen LogP contribution in [0.15, 0.2) is 17.5 Å². The normalized spacial score (nSPS) is 30.3. The maximum absolute atomic E-state index is 10.3. The molecule has 3 atom stereocenters. The lowest BCUT2D eigenvalue weighted by Crippen LogP contribution is -2.29. The maximum atomic E-state index is 10.3. The Morgan fingerprint density at radius 2 is 2.00 bits per heavy atom. The smallest absolute Gasteiger partial charge is 0.0568 e. The minimum atomic E-state index is -0.0739. The fourth-order valence-electron chi connectivity index (χ4n) is 3.50. The largest absolute Gasteiger partial charge is 0.393 e. The van der Waals surface area contributed by atoms with E-state index in [1.807, 2.05) is 11.3 Å². The van der Waals surface area contributed by atoms with E-state index in [2.05, 4.69) is 31.4 Å². The van der Waals surface area contributed by atoms with E-state index in [-0.39, 0.29) is 6.10 Å². The highest BCUT2D eigenvalue weighted by Crippen LogP contribution is 2.35. The Bertz CT molecular complexity index is 323. The quantitative estimate of drug-likeness (QED) is 0.831. The first-order valence-electron chi connectivity index (χ1n) is 7.35. The second-order valence-corrected chi connectivity index (χ2v) is 7.25. The topological polar surface area (TPSA) is 20.2 Å². The average molecular weight is 266 g/mol. The van der Waals surface area contributed by atoms with Crippen LogP contribution in [-0.2, 0) is 6.42 Å². The highest BCUT2D eigenvalue weighted by atomic mass is 32.1. The summed E-state index contributed by atoms with van der Waals surface area (Å²) in [5.41, 5.74) is 0. The first-order valence-corrected chi connectivity index (χ1v) is 8.23. The molecule has 2 rings (SSSR count). The number of hydrogen-bond acceptors (Lipinski definition) is 2. The number of thiophene rings is 1. The van der Waals surface area contributed by atoms with Crippen molar-refractivity contribution >= 4 is 11.3 Å². The van der Waals surface area contributed by atoms with Gasteiger partial charge in [-0.05, 0) is 67.7 Å². The van der Waals surface area contributed by atoms with Gasteiger partial charge in [-0.3, -0.25) is 0 Å². The third-order valence-corrected chi connectivity index (χ3v) is 5.20. The molecule has 3 unspecified atom stereocenters. The van der Waals surface area contributed by atoms with E-state index in [1.54, 1.807) is 0 Å². The van der Waals surface area contributed by atoms with Crippen molar-refractivity contribution in [3.05, 3.63) is 22.4 Å². The van der Waals surface area contributed by atoms with Crippen molar-refractivity contribution in [3.8, 4) is 0 Å². The van der Waals surface area contributed by atoms with Crippen LogP contribution < -0.4 is 0 Å². The monoisotopic (exact) mass is 266 g/mol. The Hall–Kier alpha value is -0.340. The summed E-state index contributed by atoms with van der Waals surface area (Å²) in [4.78, 5) is 1.45. The summed E-state index contributed by atoms with van der Waals surface area (Å²) < 4.78 is 0. The van der Waals surface area contributed by atoms with Gasteiger partial charge in [0.2, 0.25) is 0 Å². The molecule has 1 aromatic rings. The Labute approximate surface area is 115 Å². The van der Waals surface area contributed by atoms with Crippen molar-refractivity contribution in [1.29, 1.82) is 0 Å². The molecule has 1 aliphatic carbocycles. The molecule has 1 N–H and O–H groups in total. The third kappa shape index (κ3) is 4.10. The molecular weight excluding hydrogens is 240 g/mol. The van der Waals surface area contributed by atoms with Crippen LogP contribution >= 0.6 is 11.3 Å². The molecule has 0 radical (unpaired) electrons. The number of aliphatic hydroxyl groups excluding tert-OH is 1. The standard InChI is InChI=1S/C16H26OS/c1-12-9-13(2)11-14(10-12)16(17)7-3-5-15-6-4-8-18-15/h4,6,8,12-14,16-17H,3,5,7,9-11H2,1-2H3. The summed E-state index contributed by atoms with van der Waals surface area (Å²) in [6.07, 6.45) is 6.96. The highest BCUT2D eigenvalue weighted by Gasteiger charge is 2.28. The predicted molar refractivity (Wildman–Crippen MR) is 78.9 cm³/mol. The van der Waals surface area contributed by atoms with Crippen LogP contribution in [0.4, 0.5) is 0 Å². The number of aryl methyl sites for hydroxylation is 1. The van der Waals surface area contributed by atoms with E-state index in [9.17, 15) is 5.11 Å². The third-order valence-electron chi connectivity index (χ3n) is 4.26. The lowest BCUT2D eigenvalue weighted by atomic mass is 9.74. The lowest BCUT2D eigenvalue weighted by molar-refractivity contribution is 0.0485. The number of aliphatic hydroxyl groups is 1. The second kappa shape index (κ2) is 6.72. The molecule has 1 aliphatic rings. The fraction of sp³-hybridized carbons (Fsp3) is 0.750. The van der Waals surface area contributed by atoms with E-state index in [4.69, 9.17) is 0 Å². The average Bonchev–Trinajstić information content (AvgIpc) is 2.80. The second-order valence-electron chi connectivity index (χ2n) is 6.22. The highest BCUT2D eigenvalue weighted by molar-refractivity contribution is 7.09. The lowest BCUT2D eigenvalue weighted by Gasteiger charge is -2.34. The van der Waals surface area contributed by atoms with Crippen molar-refractivity contribution < 1.29 is 5.11 Å². The summed E-state index contributed by atoms with van der Waals surface area (Å²) in [6, 6.07) is 4.31. The van der Waals surface area contributed by atoms with Gasteiger partial charge in [-0.1, -0.05) is 19.9 Å². The van der Waals surface area contributed by atoms with Crippen molar-refractivity contribution in [2.75, 3.05) is 0 Å². The molecule has 0 bridgehead atoms. The Morgan fingerprint density at radius 3 is 2.61 bits per heavy atom. The molecule has 0 aromatic carbocycles. The van der Waals surface area contributed by atoms with Crippen molar-refractivity contribution in [1.82, 2.24) is 0 Å². The molecule has 18 heavy (non-hydrogen) atoms. The first kappa shape index (κ1) is 14.1. The van der Waals surface area contributed by atoms with Gasteiger partial charge >= 0.3 is 0 Å². The minimum absolute atomic E-state index is 0.0739. The zero-order valence-electron chi connectivity index (χ0n) is 11.6. The fourth-order valence-corrected chi connectivity index (χ4v) is 4.25. The Morgan fingerprint density at radius 1 is 1.28 bits per heavy atom. The van der Waals surface area contributed by atoms with Gasteiger partial charge in [0.15, 0.2) is 0 Å². The van der Waals surface area contributed by atoms with Gasteiger partial charge < -0.3 is 5.11 Å². The van der Waals surface area contributed by atoms with Crippen LogP contribution in [0.3, 0.4) is 0 Å². The van der Waals surface area contributed by atoms with Crippen LogP contribution in [0.5, 0.6) is 0 Å². The first-order chi connectivity index (χ1) is 8.65. The van der Waals surface area contributed by atoms with E-state index in [0.29, 0.717) is 5.92 Å². The molecule has 0 saturated heterocycles. The molecule has 0 amide bonds. The summed E-state index contributed by atoms with van der Waals surface area (Å²) in [5, 5.41) is 12.5. The summed E-state index contributed by atoms with van der Waals surface area (Å²) in [6.45, 7) is 4.67. The zero-order valence-corrected chi connectivity index (χ0v) is 12.5. The van der Waals surface area contributed by atoms with Gasteiger partial charge in [0.1, 0.15) is 0 Å². The summed E-state index contributed by atoms with van der Waals surface area (Å²) in [7, 11) is 0. The van der Waals surface area contributed by atoms with Crippen LogP contribution in [0.2, 0.25) is 0 Å². The van der Waals surface area contributed by atoms with Crippen LogP contribution in [0, 0.1) is 17.8 Å². The molecule has 102 valence electrons. The molecular formula is C16H26OS. The molecule has 2 heteroatoms. The van der Waals surface area contributed by atoms with Gasteiger partial charge in [0, 0.05) is 4.88 Å². The molecule has 1 heterocycles. The van der Waals surface area contributed by atoms with Crippen molar-refractivity contribution in [2.24, 2.45) is 17.8 Å². The van der Waals surface area contributed by atoms with E-state index in [0.717, 1.165) is 31.1 Å². The molecule has 1 aromatic heterocycles. The van der Waals surface area contributed by atoms with E-state index in [1.165, 1.54) is 24.1 Å². The maximum Gasteiger partial charge on any atom is 0.0568 e. The van der Waals surface area contributed by atoms with Gasteiger partial charge in [0.25, 0.3) is 0 Å². The van der Waals surface area contributed by atoms with Crippen LogP contribution in [-0.4, -0.2) is 11.2 Å². The summed E-state index contributed by atoms with van der Waals surface area (Å²) in [5.74, 6) is 2.14. The van der Waals surface area contributed by atoms with Gasteiger partial charge in [0.05, 0.1) is 6.10 Å². The van der Waals surface area contributed by atoms with E-state index < -0.39 is 0 Å². The molecule has 1 nitrogen and oxygen atoms in total. The minimum Gasteiger partial charge on any atom is -0.393 e. The van der Waals surface area contributed by atoms with E-state index >= 15 is 0 Å².